The Morgan fingerprint density at radius 3 is 2.75 bits per heavy atom. The van der Waals surface area contributed by atoms with Crippen LogP contribution in [0.4, 0.5) is 0 Å². The lowest BCUT2D eigenvalue weighted by molar-refractivity contribution is 0.460. The molecular weight excluding hydrogens is 242 g/mol. The summed E-state index contributed by atoms with van der Waals surface area (Å²) in [6, 6.07) is 0.488. The Bertz CT molecular complexity index is 338. The Morgan fingerprint density at radius 2 is 2.10 bits per heavy atom. The highest BCUT2D eigenvalue weighted by molar-refractivity contribution is 5.23. The molecule has 114 valence electrons. The minimum atomic E-state index is 0.488. The molecule has 0 aromatic carbocycles. The number of rotatable bonds is 10. The zero-order valence-electron chi connectivity index (χ0n) is 13.8. The van der Waals surface area contributed by atoms with Gasteiger partial charge in [0.25, 0.3) is 0 Å². The Balaban J connectivity index is 2.17. The third kappa shape index (κ3) is 7.57. The van der Waals surface area contributed by atoms with Crippen LogP contribution in [0.5, 0.6) is 0 Å². The van der Waals surface area contributed by atoms with Crippen LogP contribution in [0.2, 0.25) is 0 Å². The van der Waals surface area contributed by atoms with Gasteiger partial charge in [0, 0.05) is 11.7 Å². The van der Waals surface area contributed by atoms with Gasteiger partial charge in [-0.1, -0.05) is 63.5 Å². The van der Waals surface area contributed by atoms with Crippen LogP contribution in [0.15, 0.2) is 36.1 Å². The van der Waals surface area contributed by atoms with Crippen LogP contribution in [-0.2, 0) is 0 Å². The summed E-state index contributed by atoms with van der Waals surface area (Å²) in [6.07, 6.45) is 16.9. The fraction of sp³-hybridized carbons (Fsp3) is 0.684. The molecule has 1 rings (SSSR count). The molecule has 20 heavy (non-hydrogen) atoms. The van der Waals surface area contributed by atoms with Gasteiger partial charge in [-0.25, -0.2) is 0 Å². The molecule has 0 bridgehead atoms. The second-order valence-corrected chi connectivity index (χ2v) is 6.40. The van der Waals surface area contributed by atoms with E-state index in [-0.39, 0.29) is 0 Å². The van der Waals surface area contributed by atoms with E-state index in [0.29, 0.717) is 6.04 Å². The molecule has 0 radical (unpaired) electrons. The molecule has 2 atom stereocenters. The topological polar surface area (TPSA) is 12.0 Å². The lowest BCUT2D eigenvalue weighted by Gasteiger charge is -2.20. The van der Waals surface area contributed by atoms with E-state index in [9.17, 15) is 0 Å². The highest BCUT2D eigenvalue weighted by Crippen LogP contribution is 2.18. The molecule has 0 heterocycles. The van der Waals surface area contributed by atoms with Gasteiger partial charge >= 0.3 is 0 Å². The smallest absolute Gasteiger partial charge is 0.0270 e. The summed E-state index contributed by atoms with van der Waals surface area (Å²) in [7, 11) is 0. The van der Waals surface area contributed by atoms with E-state index in [1.165, 1.54) is 49.8 Å². The summed E-state index contributed by atoms with van der Waals surface area (Å²) in [6.45, 7) is 11.1. The molecular formula is C19H33N. The molecule has 0 saturated heterocycles. The maximum atomic E-state index is 4.19. The maximum Gasteiger partial charge on any atom is 0.0270 e. The van der Waals surface area contributed by atoms with E-state index >= 15 is 0 Å². The van der Waals surface area contributed by atoms with Gasteiger partial charge in [0.15, 0.2) is 0 Å². The van der Waals surface area contributed by atoms with Crippen LogP contribution < -0.4 is 5.32 Å². The molecule has 1 heteroatoms. The third-order valence-corrected chi connectivity index (χ3v) is 4.05. The zero-order chi connectivity index (χ0) is 14.8. The quantitative estimate of drug-likeness (QED) is 0.535. The average molecular weight is 275 g/mol. The monoisotopic (exact) mass is 275 g/mol. The van der Waals surface area contributed by atoms with Crippen LogP contribution in [-0.4, -0.2) is 6.04 Å². The average Bonchev–Trinajstić information content (AvgIpc) is 2.43. The van der Waals surface area contributed by atoms with Gasteiger partial charge < -0.3 is 5.32 Å². The molecule has 1 nitrogen and oxygen atoms in total. The first-order chi connectivity index (χ1) is 9.61. The largest absolute Gasteiger partial charge is 0.386 e. The van der Waals surface area contributed by atoms with E-state index in [1.54, 1.807) is 0 Å². The van der Waals surface area contributed by atoms with Crippen molar-refractivity contribution in [3.8, 4) is 0 Å². The Labute approximate surface area is 126 Å². The fourth-order valence-electron chi connectivity index (χ4n) is 2.76. The van der Waals surface area contributed by atoms with Crippen molar-refractivity contribution in [3.05, 3.63) is 36.1 Å². The summed E-state index contributed by atoms with van der Waals surface area (Å²) < 4.78 is 0. The van der Waals surface area contributed by atoms with Crippen molar-refractivity contribution in [1.29, 1.82) is 0 Å². The second kappa shape index (κ2) is 9.85. The van der Waals surface area contributed by atoms with E-state index in [1.807, 2.05) is 0 Å². The minimum Gasteiger partial charge on any atom is -0.386 e. The van der Waals surface area contributed by atoms with Crippen molar-refractivity contribution in [2.75, 3.05) is 0 Å². The molecule has 1 N–H and O–H groups in total. The SMILES string of the molecule is C=C(CCC(C)CCCC)NC(C)CC1=CCCC=C1. The van der Waals surface area contributed by atoms with Crippen LogP contribution in [0.1, 0.15) is 72.1 Å². The van der Waals surface area contributed by atoms with Crippen LogP contribution >= 0.6 is 0 Å². The lowest BCUT2D eigenvalue weighted by Crippen LogP contribution is -2.25. The predicted molar refractivity (Wildman–Crippen MR) is 90.7 cm³/mol. The number of hydrogen-bond donors (Lipinski definition) is 1. The Morgan fingerprint density at radius 1 is 1.30 bits per heavy atom. The van der Waals surface area contributed by atoms with Crippen LogP contribution in [0, 0.1) is 5.92 Å². The van der Waals surface area contributed by atoms with Gasteiger partial charge in [-0.2, -0.15) is 0 Å². The molecule has 0 saturated carbocycles. The molecule has 1 aliphatic carbocycles. The van der Waals surface area contributed by atoms with Gasteiger partial charge in [-0.3, -0.25) is 0 Å². The standard InChI is InChI=1S/C19H33N/c1-5-6-10-16(2)13-14-17(3)20-18(4)15-19-11-8-7-9-12-19/h8,11-12,16,18,20H,3,5-7,9-10,13-15H2,1-2,4H3. The summed E-state index contributed by atoms with van der Waals surface area (Å²) in [4.78, 5) is 0. The van der Waals surface area contributed by atoms with Crippen LogP contribution in [0.25, 0.3) is 0 Å². The minimum absolute atomic E-state index is 0.488. The van der Waals surface area contributed by atoms with Crippen molar-refractivity contribution < 1.29 is 0 Å². The van der Waals surface area contributed by atoms with Gasteiger partial charge in [0.1, 0.15) is 0 Å². The summed E-state index contributed by atoms with van der Waals surface area (Å²) >= 11 is 0. The van der Waals surface area contributed by atoms with Crippen molar-refractivity contribution in [3.63, 3.8) is 0 Å². The first kappa shape index (κ1) is 17.1. The highest BCUT2D eigenvalue weighted by Gasteiger charge is 2.08. The van der Waals surface area contributed by atoms with Crippen molar-refractivity contribution in [2.45, 2.75) is 78.2 Å². The Kier molecular flexibility index (Phi) is 8.41. The predicted octanol–water partition coefficient (Wildman–Crippen LogP) is 5.75. The van der Waals surface area contributed by atoms with Crippen molar-refractivity contribution in [2.24, 2.45) is 5.92 Å². The molecule has 0 aliphatic heterocycles. The van der Waals surface area contributed by atoms with Crippen molar-refractivity contribution in [1.82, 2.24) is 5.32 Å². The number of hydrogen-bond acceptors (Lipinski definition) is 1. The molecule has 0 aromatic heterocycles. The molecule has 0 fully saturated rings. The van der Waals surface area contributed by atoms with E-state index in [2.05, 4.69) is 50.9 Å². The summed E-state index contributed by atoms with van der Waals surface area (Å²) in [5.74, 6) is 0.827. The van der Waals surface area contributed by atoms with Crippen molar-refractivity contribution >= 4 is 0 Å². The molecule has 2 unspecified atom stereocenters. The molecule has 0 amide bonds. The summed E-state index contributed by atoms with van der Waals surface area (Å²) in [5.41, 5.74) is 2.68. The normalized spacial score (nSPS) is 17.4. The van der Waals surface area contributed by atoms with E-state index in [0.717, 1.165) is 18.8 Å². The van der Waals surface area contributed by atoms with E-state index < -0.39 is 0 Å². The molecule has 0 spiro atoms. The maximum absolute atomic E-state index is 4.19. The lowest BCUT2D eigenvalue weighted by atomic mass is 9.97. The zero-order valence-corrected chi connectivity index (χ0v) is 13.8. The number of unbranched alkanes of at least 4 members (excludes halogenated alkanes) is 1. The first-order valence-electron chi connectivity index (χ1n) is 8.41. The van der Waals surface area contributed by atoms with Gasteiger partial charge in [-0.05, 0) is 44.9 Å². The van der Waals surface area contributed by atoms with Crippen LogP contribution in [0.3, 0.4) is 0 Å². The van der Waals surface area contributed by atoms with Gasteiger partial charge in [0.05, 0.1) is 0 Å². The number of nitrogens with one attached hydrogen (secondary N) is 1. The fourth-order valence-corrected chi connectivity index (χ4v) is 2.76. The molecule has 0 aromatic rings. The highest BCUT2D eigenvalue weighted by atomic mass is 14.9. The number of allylic oxidation sites excluding steroid dienone is 4. The van der Waals surface area contributed by atoms with E-state index in [4.69, 9.17) is 0 Å². The van der Waals surface area contributed by atoms with Gasteiger partial charge in [-0.15, -0.1) is 0 Å². The summed E-state index contributed by atoms with van der Waals surface area (Å²) in [5, 5.41) is 3.57. The molecule has 1 aliphatic rings. The van der Waals surface area contributed by atoms with Gasteiger partial charge in [0.2, 0.25) is 0 Å². The Hall–Kier alpha value is -0.980. The first-order valence-corrected chi connectivity index (χ1v) is 8.41. The third-order valence-electron chi connectivity index (χ3n) is 4.05. The second-order valence-electron chi connectivity index (χ2n) is 6.40.